The van der Waals surface area contributed by atoms with Gasteiger partial charge in [-0.25, -0.2) is 4.79 Å². The quantitative estimate of drug-likeness (QED) is 0.466. The molecule has 1 unspecified atom stereocenters. The van der Waals surface area contributed by atoms with Crippen LogP contribution in [0.15, 0.2) is 0 Å². The first-order valence-electron chi connectivity index (χ1n) is 9.79. The van der Waals surface area contributed by atoms with Gasteiger partial charge in [0.25, 0.3) is 0 Å². The lowest BCUT2D eigenvalue weighted by Crippen LogP contribution is -2.64. The third-order valence-electron chi connectivity index (χ3n) is 4.59. The van der Waals surface area contributed by atoms with E-state index in [1.165, 1.54) is 0 Å². The lowest BCUT2D eigenvalue weighted by Gasteiger charge is -2.46. The molecule has 0 aliphatic carbocycles. The van der Waals surface area contributed by atoms with E-state index in [4.69, 9.17) is 13.8 Å². The highest BCUT2D eigenvalue weighted by molar-refractivity contribution is 7.53. The summed E-state index contributed by atoms with van der Waals surface area (Å²) in [5.41, 5.74) is -0.563. The number of hydrogen-bond donors (Lipinski definition) is 1. The van der Waals surface area contributed by atoms with Crippen molar-refractivity contribution >= 4 is 13.7 Å². The maximum atomic E-state index is 12.6. The van der Waals surface area contributed by atoms with Gasteiger partial charge in [-0.1, -0.05) is 0 Å². The summed E-state index contributed by atoms with van der Waals surface area (Å²) in [6.07, 6.45) is 0.686. The number of aliphatic hydroxyl groups excluding tert-OH is 1. The monoisotopic (exact) mass is 409 g/mol. The number of quaternary nitrogens is 1. The molecule has 1 aliphatic heterocycles. The van der Waals surface area contributed by atoms with E-state index in [1.54, 1.807) is 18.7 Å². The van der Waals surface area contributed by atoms with Crippen LogP contribution in [0.3, 0.4) is 0 Å². The summed E-state index contributed by atoms with van der Waals surface area (Å²) in [6.45, 7) is 12.4. The van der Waals surface area contributed by atoms with Crippen LogP contribution in [0.2, 0.25) is 0 Å². The van der Waals surface area contributed by atoms with Crippen molar-refractivity contribution in [3.05, 3.63) is 0 Å². The van der Waals surface area contributed by atoms with E-state index in [0.29, 0.717) is 43.4 Å². The van der Waals surface area contributed by atoms with Crippen LogP contribution in [0.4, 0.5) is 4.79 Å². The molecule has 0 aromatic rings. The molecule has 160 valence electrons. The number of carbonyl (C=O) groups excluding carboxylic acids is 1. The Morgan fingerprint density at radius 3 is 2.33 bits per heavy atom. The van der Waals surface area contributed by atoms with Crippen LogP contribution in [0.25, 0.3) is 0 Å². The van der Waals surface area contributed by atoms with Crippen molar-refractivity contribution < 1.29 is 32.7 Å². The van der Waals surface area contributed by atoms with Crippen molar-refractivity contribution in [3.63, 3.8) is 0 Å². The Labute approximate surface area is 163 Å². The van der Waals surface area contributed by atoms with Crippen LogP contribution < -0.4 is 0 Å². The Bertz CT molecular complexity index is 514. The molecule has 1 aliphatic rings. The first-order chi connectivity index (χ1) is 12.5. The Morgan fingerprint density at radius 2 is 1.85 bits per heavy atom. The molecule has 0 spiro atoms. The van der Waals surface area contributed by atoms with Crippen molar-refractivity contribution in [2.75, 3.05) is 59.2 Å². The standard InChI is InChI=1S/C18H38N2O6P/c1-7-24-27(23,25-8-2)13-9-11-20(6)12-10-19(16(14-20)15-21)17(22)26-18(3,4)5/h16,21H,7-15H2,1-6H3/q+1/t16-,20?/m1/s1. The SMILES string of the molecule is CCOP(=O)(CCC[N+]1(C)CCN(C(=O)OC(C)(C)C)[C@@H](CO)C1)OCC. The maximum Gasteiger partial charge on any atom is 0.411 e. The Hall–Kier alpha value is -0.660. The van der Waals surface area contributed by atoms with Gasteiger partial charge in [-0.2, -0.15) is 0 Å². The summed E-state index contributed by atoms with van der Waals surface area (Å²) in [5.74, 6) is 0. The zero-order chi connectivity index (χ0) is 20.7. The molecule has 1 N–H and O–H groups in total. The molecule has 8 nitrogen and oxygen atoms in total. The van der Waals surface area contributed by atoms with E-state index in [-0.39, 0.29) is 18.7 Å². The second kappa shape index (κ2) is 10.2. The average Bonchev–Trinajstić information content (AvgIpc) is 2.53. The molecule has 27 heavy (non-hydrogen) atoms. The smallest absolute Gasteiger partial charge is 0.411 e. The summed E-state index contributed by atoms with van der Waals surface area (Å²) in [7, 11) is -0.936. The summed E-state index contributed by atoms with van der Waals surface area (Å²) in [4.78, 5) is 14.0. The van der Waals surface area contributed by atoms with Gasteiger partial charge in [0.15, 0.2) is 0 Å². The number of nitrogens with zero attached hydrogens (tertiary/aromatic N) is 2. The zero-order valence-corrected chi connectivity index (χ0v) is 18.7. The van der Waals surface area contributed by atoms with E-state index in [0.717, 1.165) is 13.1 Å². The molecular formula is C18H38N2O6P+. The summed E-state index contributed by atoms with van der Waals surface area (Å²) >= 11 is 0. The van der Waals surface area contributed by atoms with E-state index in [9.17, 15) is 14.5 Å². The highest BCUT2D eigenvalue weighted by atomic mass is 31.2. The Morgan fingerprint density at radius 1 is 1.26 bits per heavy atom. The molecule has 0 saturated carbocycles. The molecule has 0 aromatic heterocycles. The molecule has 1 amide bonds. The minimum atomic E-state index is -3.03. The number of piperazine rings is 1. The highest BCUT2D eigenvalue weighted by Crippen LogP contribution is 2.48. The fraction of sp³-hybridized carbons (Fsp3) is 0.944. The summed E-state index contributed by atoms with van der Waals surface area (Å²) < 4.78 is 29.4. The first-order valence-corrected chi connectivity index (χ1v) is 11.5. The van der Waals surface area contributed by atoms with Crippen LogP contribution in [-0.2, 0) is 18.3 Å². The van der Waals surface area contributed by atoms with E-state index in [2.05, 4.69) is 7.05 Å². The fourth-order valence-corrected chi connectivity index (χ4v) is 5.00. The molecule has 1 heterocycles. The van der Waals surface area contributed by atoms with Gasteiger partial charge in [0.1, 0.15) is 18.2 Å². The molecule has 0 bridgehead atoms. The largest absolute Gasteiger partial charge is 0.444 e. The van der Waals surface area contributed by atoms with Crippen molar-refractivity contribution in [2.24, 2.45) is 0 Å². The van der Waals surface area contributed by atoms with Gasteiger partial charge in [-0.15, -0.1) is 0 Å². The molecule has 0 aromatic carbocycles. The van der Waals surface area contributed by atoms with Crippen LogP contribution in [-0.4, -0.2) is 91.4 Å². The summed E-state index contributed by atoms with van der Waals surface area (Å²) in [5, 5.41) is 9.79. The average molecular weight is 409 g/mol. The van der Waals surface area contributed by atoms with Crippen molar-refractivity contribution in [2.45, 2.75) is 52.7 Å². The van der Waals surface area contributed by atoms with Gasteiger partial charge in [0, 0.05) is 6.42 Å². The van der Waals surface area contributed by atoms with Gasteiger partial charge in [-0.05, 0) is 34.6 Å². The zero-order valence-electron chi connectivity index (χ0n) is 17.8. The topological polar surface area (TPSA) is 85.3 Å². The van der Waals surface area contributed by atoms with Gasteiger partial charge >= 0.3 is 13.7 Å². The predicted molar refractivity (Wildman–Crippen MR) is 105 cm³/mol. The number of rotatable bonds is 9. The predicted octanol–water partition coefficient (Wildman–Crippen LogP) is 2.70. The molecular weight excluding hydrogens is 371 g/mol. The van der Waals surface area contributed by atoms with Crippen molar-refractivity contribution in [3.8, 4) is 0 Å². The van der Waals surface area contributed by atoms with Crippen LogP contribution in [0.5, 0.6) is 0 Å². The molecule has 1 rings (SSSR count). The molecule has 1 fully saturated rings. The lowest BCUT2D eigenvalue weighted by atomic mass is 10.1. The van der Waals surface area contributed by atoms with Crippen LogP contribution in [0, 0.1) is 0 Å². The number of carbonyl (C=O) groups is 1. The van der Waals surface area contributed by atoms with Gasteiger partial charge in [0.2, 0.25) is 0 Å². The van der Waals surface area contributed by atoms with Crippen LogP contribution >= 0.6 is 7.60 Å². The van der Waals surface area contributed by atoms with E-state index in [1.807, 2.05) is 20.8 Å². The normalized spacial score (nSPS) is 24.1. The van der Waals surface area contributed by atoms with E-state index < -0.39 is 13.2 Å². The Balaban J connectivity index is 2.64. The molecule has 0 radical (unpaired) electrons. The number of hydrogen-bond acceptors (Lipinski definition) is 6. The van der Waals surface area contributed by atoms with Crippen molar-refractivity contribution in [1.82, 2.24) is 4.90 Å². The lowest BCUT2D eigenvalue weighted by molar-refractivity contribution is -0.916. The third-order valence-corrected chi connectivity index (χ3v) is 6.76. The fourth-order valence-electron chi connectivity index (χ4n) is 3.36. The van der Waals surface area contributed by atoms with E-state index >= 15 is 0 Å². The minimum absolute atomic E-state index is 0.108. The Kier molecular flexibility index (Phi) is 9.22. The minimum Gasteiger partial charge on any atom is -0.444 e. The number of aliphatic hydroxyl groups is 1. The molecule has 1 saturated heterocycles. The molecule has 9 heteroatoms. The van der Waals surface area contributed by atoms with Crippen LogP contribution in [0.1, 0.15) is 41.0 Å². The number of likely N-dealkylation sites (N-methyl/N-ethyl adjacent to an activating group) is 1. The van der Waals surface area contributed by atoms with Gasteiger partial charge in [-0.3, -0.25) is 9.46 Å². The second-order valence-electron chi connectivity index (χ2n) is 8.28. The third kappa shape index (κ3) is 8.08. The highest BCUT2D eigenvalue weighted by Gasteiger charge is 2.40. The maximum absolute atomic E-state index is 12.6. The number of ether oxygens (including phenoxy) is 1. The second-order valence-corrected chi connectivity index (χ2v) is 10.5. The first kappa shape index (κ1) is 24.4. The summed E-state index contributed by atoms with van der Waals surface area (Å²) in [6, 6.07) is -0.288. The van der Waals surface area contributed by atoms with Crippen molar-refractivity contribution in [1.29, 1.82) is 0 Å². The molecule has 2 atom stereocenters. The van der Waals surface area contributed by atoms with Gasteiger partial charge < -0.3 is 23.4 Å². The number of amides is 1. The van der Waals surface area contributed by atoms with Gasteiger partial charge in [0.05, 0.1) is 52.7 Å².